The van der Waals surface area contributed by atoms with Crippen LogP contribution in [0.1, 0.15) is 27.2 Å². The highest BCUT2D eigenvalue weighted by Crippen LogP contribution is 2.12. The van der Waals surface area contributed by atoms with Crippen LogP contribution in [0.2, 0.25) is 0 Å². The Balaban J connectivity index is 4.21. The topological polar surface area (TPSA) is 64.3 Å². The number of rotatable bonds is 4. The van der Waals surface area contributed by atoms with E-state index in [1.54, 1.807) is 4.90 Å². The maximum atomic E-state index is 10.5. The second kappa shape index (κ2) is 4.83. The van der Waals surface area contributed by atoms with Gasteiger partial charge in [0.15, 0.2) is 0 Å². The highest BCUT2D eigenvalue weighted by atomic mass is 16.4. The summed E-state index contributed by atoms with van der Waals surface area (Å²) < 4.78 is 0. The van der Waals surface area contributed by atoms with Crippen LogP contribution in [0.4, 0.5) is 0 Å². The van der Waals surface area contributed by atoms with E-state index in [1.165, 1.54) is 0 Å². The molecule has 4 heteroatoms. The molecule has 0 saturated carbocycles. The first kappa shape index (κ1) is 11.9. The lowest BCUT2D eigenvalue weighted by Gasteiger charge is -2.33. The normalized spacial score (nSPS) is 11.3. The maximum absolute atomic E-state index is 10.5. The molecule has 1 N–H and O–H groups in total. The van der Waals surface area contributed by atoms with Crippen LogP contribution in [0.3, 0.4) is 0 Å². The highest BCUT2D eigenvalue weighted by Gasteiger charge is 2.22. The average molecular weight is 184 g/mol. The van der Waals surface area contributed by atoms with Gasteiger partial charge in [-0.2, -0.15) is 5.26 Å². The Kier molecular flexibility index (Phi) is 4.43. The van der Waals surface area contributed by atoms with Crippen molar-refractivity contribution in [2.75, 3.05) is 13.1 Å². The van der Waals surface area contributed by atoms with Gasteiger partial charge in [-0.3, -0.25) is 9.69 Å². The Morgan fingerprint density at radius 1 is 1.54 bits per heavy atom. The molecule has 0 radical (unpaired) electrons. The SMILES string of the molecule is CC(C)(C)N(CCC#N)CC(=O)O. The van der Waals surface area contributed by atoms with Crippen molar-refractivity contribution < 1.29 is 9.90 Å². The van der Waals surface area contributed by atoms with Crippen molar-refractivity contribution >= 4 is 5.97 Å². The van der Waals surface area contributed by atoms with E-state index in [-0.39, 0.29) is 12.1 Å². The van der Waals surface area contributed by atoms with Crippen LogP contribution in [0.25, 0.3) is 0 Å². The Morgan fingerprint density at radius 2 is 2.08 bits per heavy atom. The third-order valence-electron chi connectivity index (χ3n) is 1.77. The smallest absolute Gasteiger partial charge is 0.317 e. The molecular weight excluding hydrogens is 168 g/mol. The third kappa shape index (κ3) is 5.21. The molecule has 0 aromatic carbocycles. The first-order valence-electron chi connectivity index (χ1n) is 4.21. The standard InChI is InChI=1S/C9H16N2O2/c1-9(2,3)11(6-4-5-10)7-8(12)13/h4,6-7H2,1-3H3,(H,12,13). The monoisotopic (exact) mass is 184 g/mol. The lowest BCUT2D eigenvalue weighted by Crippen LogP contribution is -2.44. The summed E-state index contributed by atoms with van der Waals surface area (Å²) in [4.78, 5) is 12.3. The molecule has 0 aliphatic rings. The van der Waals surface area contributed by atoms with Gasteiger partial charge in [-0.05, 0) is 20.8 Å². The van der Waals surface area contributed by atoms with Crippen LogP contribution in [0, 0.1) is 11.3 Å². The molecule has 0 aromatic rings. The van der Waals surface area contributed by atoms with Crippen molar-refractivity contribution in [2.45, 2.75) is 32.7 Å². The van der Waals surface area contributed by atoms with Gasteiger partial charge in [-0.25, -0.2) is 0 Å². The zero-order chi connectivity index (χ0) is 10.5. The molecule has 0 fully saturated rings. The molecule has 0 heterocycles. The molecule has 0 bridgehead atoms. The molecule has 0 aromatic heterocycles. The second-order valence-corrected chi connectivity index (χ2v) is 3.89. The number of nitriles is 1. The summed E-state index contributed by atoms with van der Waals surface area (Å²) in [6, 6.07) is 2.01. The molecule has 74 valence electrons. The summed E-state index contributed by atoms with van der Waals surface area (Å²) in [5.74, 6) is -0.854. The van der Waals surface area contributed by atoms with Crippen LogP contribution < -0.4 is 0 Å². The lowest BCUT2D eigenvalue weighted by atomic mass is 10.1. The Hall–Kier alpha value is -1.08. The summed E-state index contributed by atoms with van der Waals surface area (Å²) in [7, 11) is 0. The minimum Gasteiger partial charge on any atom is -0.480 e. The van der Waals surface area contributed by atoms with Crippen molar-refractivity contribution in [3.8, 4) is 6.07 Å². The van der Waals surface area contributed by atoms with Crippen LogP contribution in [-0.2, 0) is 4.79 Å². The van der Waals surface area contributed by atoms with Crippen LogP contribution in [0.15, 0.2) is 0 Å². The number of hydrogen-bond donors (Lipinski definition) is 1. The van der Waals surface area contributed by atoms with Gasteiger partial charge in [0.2, 0.25) is 0 Å². The molecule has 0 aliphatic heterocycles. The number of carbonyl (C=O) groups is 1. The van der Waals surface area contributed by atoms with Gasteiger partial charge in [0.1, 0.15) is 0 Å². The van der Waals surface area contributed by atoms with Gasteiger partial charge in [0.05, 0.1) is 12.6 Å². The molecule has 0 saturated heterocycles. The predicted molar refractivity (Wildman–Crippen MR) is 49.2 cm³/mol. The third-order valence-corrected chi connectivity index (χ3v) is 1.77. The first-order valence-corrected chi connectivity index (χ1v) is 4.21. The van der Waals surface area contributed by atoms with Crippen LogP contribution in [-0.4, -0.2) is 34.6 Å². The number of nitrogens with zero attached hydrogens (tertiary/aromatic N) is 2. The van der Waals surface area contributed by atoms with E-state index in [0.29, 0.717) is 13.0 Å². The summed E-state index contributed by atoms with van der Waals surface area (Å²) in [6.45, 7) is 6.31. The molecule has 0 atom stereocenters. The summed E-state index contributed by atoms with van der Waals surface area (Å²) in [5.41, 5.74) is -0.199. The van der Waals surface area contributed by atoms with Crippen molar-refractivity contribution in [1.29, 1.82) is 5.26 Å². The van der Waals surface area contributed by atoms with Crippen molar-refractivity contribution in [3.63, 3.8) is 0 Å². The van der Waals surface area contributed by atoms with Gasteiger partial charge in [0.25, 0.3) is 0 Å². The van der Waals surface area contributed by atoms with Crippen LogP contribution >= 0.6 is 0 Å². The van der Waals surface area contributed by atoms with Gasteiger partial charge in [-0.15, -0.1) is 0 Å². The van der Waals surface area contributed by atoms with E-state index in [0.717, 1.165) is 0 Å². The first-order chi connectivity index (χ1) is 5.88. The van der Waals surface area contributed by atoms with E-state index in [4.69, 9.17) is 10.4 Å². The van der Waals surface area contributed by atoms with Crippen LogP contribution in [0.5, 0.6) is 0 Å². The van der Waals surface area contributed by atoms with Gasteiger partial charge in [0, 0.05) is 18.5 Å². The summed E-state index contributed by atoms with van der Waals surface area (Å²) >= 11 is 0. The molecule has 0 rings (SSSR count). The minimum absolute atomic E-state index is 0.00875. The fraction of sp³-hybridized carbons (Fsp3) is 0.778. The zero-order valence-electron chi connectivity index (χ0n) is 8.37. The van der Waals surface area contributed by atoms with E-state index in [1.807, 2.05) is 26.8 Å². The van der Waals surface area contributed by atoms with Gasteiger partial charge in [-0.1, -0.05) is 0 Å². The molecule has 0 aliphatic carbocycles. The molecule has 4 nitrogen and oxygen atoms in total. The number of carboxylic acid groups (broad SMARTS) is 1. The quantitative estimate of drug-likeness (QED) is 0.710. The predicted octanol–water partition coefficient (Wildman–Crippen LogP) is 1.09. The second-order valence-electron chi connectivity index (χ2n) is 3.89. The molecule has 13 heavy (non-hydrogen) atoms. The van der Waals surface area contributed by atoms with E-state index in [2.05, 4.69) is 0 Å². The zero-order valence-corrected chi connectivity index (χ0v) is 8.37. The average Bonchev–Trinajstić information content (AvgIpc) is 1.95. The van der Waals surface area contributed by atoms with E-state index in [9.17, 15) is 4.79 Å². The number of hydrogen-bond acceptors (Lipinski definition) is 3. The molecule has 0 spiro atoms. The summed E-state index contributed by atoms with van der Waals surface area (Å²) in [6.07, 6.45) is 0.366. The Bertz CT molecular complexity index is 213. The maximum Gasteiger partial charge on any atom is 0.317 e. The van der Waals surface area contributed by atoms with Gasteiger partial charge >= 0.3 is 5.97 Å². The Morgan fingerprint density at radius 3 is 2.38 bits per heavy atom. The highest BCUT2D eigenvalue weighted by molar-refractivity contribution is 5.69. The fourth-order valence-electron chi connectivity index (χ4n) is 1.000. The van der Waals surface area contributed by atoms with Crippen molar-refractivity contribution in [3.05, 3.63) is 0 Å². The van der Waals surface area contributed by atoms with Crippen molar-refractivity contribution in [1.82, 2.24) is 4.90 Å². The van der Waals surface area contributed by atoms with Gasteiger partial charge < -0.3 is 5.11 Å². The molecule has 0 unspecified atom stereocenters. The minimum atomic E-state index is -0.854. The summed E-state index contributed by atoms with van der Waals surface area (Å²) in [5, 5.41) is 17.0. The molecule has 0 amide bonds. The fourth-order valence-corrected chi connectivity index (χ4v) is 1.000. The largest absolute Gasteiger partial charge is 0.480 e. The van der Waals surface area contributed by atoms with E-state index >= 15 is 0 Å². The van der Waals surface area contributed by atoms with Crippen molar-refractivity contribution in [2.24, 2.45) is 0 Å². The Labute approximate surface area is 78.8 Å². The van der Waals surface area contributed by atoms with E-state index < -0.39 is 5.97 Å². The lowest BCUT2D eigenvalue weighted by molar-refractivity contribution is -0.139. The molecular formula is C9H16N2O2. The number of aliphatic carboxylic acids is 1. The number of carboxylic acids is 1.